The molecule has 7 nitrogen and oxygen atoms in total. The topological polar surface area (TPSA) is 82.5 Å². The summed E-state index contributed by atoms with van der Waals surface area (Å²) >= 11 is 0. The standard InChI is InChI=1S/C26H29N3O4/c1-3-33-22-11-9-20(10-12-22)26(13-15-32-16-14-26)18-27-25(31)24-23(30)17-19(2)29(28-24)21-7-5-4-6-8-21/h4-12,17H,3,13-16,18H2,1-2H3,(H,27,31). The highest BCUT2D eigenvalue weighted by Gasteiger charge is 2.35. The largest absolute Gasteiger partial charge is 0.494 e. The van der Waals surface area contributed by atoms with Crippen LogP contribution in [0.2, 0.25) is 0 Å². The summed E-state index contributed by atoms with van der Waals surface area (Å²) in [4.78, 5) is 25.7. The van der Waals surface area contributed by atoms with Crippen molar-refractivity contribution in [1.82, 2.24) is 15.1 Å². The summed E-state index contributed by atoms with van der Waals surface area (Å²) in [5.41, 5.74) is 1.80. The van der Waals surface area contributed by atoms with Crippen LogP contribution in [0.4, 0.5) is 0 Å². The van der Waals surface area contributed by atoms with E-state index in [9.17, 15) is 9.59 Å². The fraction of sp³-hybridized carbons (Fsp3) is 0.346. The molecule has 1 N–H and O–H groups in total. The van der Waals surface area contributed by atoms with Crippen LogP contribution in [0.5, 0.6) is 5.75 Å². The van der Waals surface area contributed by atoms with E-state index in [0.29, 0.717) is 32.1 Å². The highest BCUT2D eigenvalue weighted by Crippen LogP contribution is 2.35. The Kier molecular flexibility index (Phi) is 6.89. The molecule has 0 radical (unpaired) electrons. The van der Waals surface area contributed by atoms with Gasteiger partial charge in [-0.15, -0.1) is 0 Å². The molecular formula is C26H29N3O4. The minimum atomic E-state index is -0.471. The molecule has 0 unspecified atom stereocenters. The number of hydrogen-bond acceptors (Lipinski definition) is 5. The maximum absolute atomic E-state index is 13.1. The van der Waals surface area contributed by atoms with Crippen LogP contribution in [0.25, 0.3) is 5.69 Å². The molecule has 0 spiro atoms. The van der Waals surface area contributed by atoms with Crippen LogP contribution >= 0.6 is 0 Å². The maximum atomic E-state index is 13.1. The van der Waals surface area contributed by atoms with E-state index in [1.165, 1.54) is 6.07 Å². The number of aryl methyl sites for hydroxylation is 1. The molecule has 0 bridgehead atoms. The van der Waals surface area contributed by atoms with Crippen LogP contribution < -0.4 is 15.5 Å². The molecule has 7 heteroatoms. The summed E-state index contributed by atoms with van der Waals surface area (Å²) in [6.45, 7) is 5.99. The lowest BCUT2D eigenvalue weighted by Gasteiger charge is -2.38. The average molecular weight is 448 g/mol. The second-order valence-corrected chi connectivity index (χ2v) is 8.28. The van der Waals surface area contributed by atoms with Gasteiger partial charge in [0.05, 0.1) is 12.3 Å². The number of hydrogen-bond donors (Lipinski definition) is 1. The number of aromatic nitrogens is 2. The van der Waals surface area contributed by atoms with Crippen molar-refractivity contribution in [3.63, 3.8) is 0 Å². The Morgan fingerprint density at radius 2 is 1.82 bits per heavy atom. The zero-order valence-electron chi connectivity index (χ0n) is 19.0. The Hall–Kier alpha value is -3.45. The van der Waals surface area contributed by atoms with Crippen LogP contribution in [-0.2, 0) is 10.2 Å². The summed E-state index contributed by atoms with van der Waals surface area (Å²) in [6.07, 6.45) is 1.55. The lowest BCUT2D eigenvalue weighted by atomic mass is 9.74. The van der Waals surface area contributed by atoms with Crippen molar-refractivity contribution in [2.75, 3.05) is 26.4 Å². The third-order valence-corrected chi connectivity index (χ3v) is 6.14. The molecular weight excluding hydrogens is 418 g/mol. The summed E-state index contributed by atoms with van der Waals surface area (Å²) in [5, 5.41) is 7.37. The predicted molar refractivity (Wildman–Crippen MR) is 126 cm³/mol. The van der Waals surface area contributed by atoms with E-state index in [2.05, 4.69) is 22.5 Å². The first-order chi connectivity index (χ1) is 16.0. The number of rotatable bonds is 7. The molecule has 33 heavy (non-hydrogen) atoms. The smallest absolute Gasteiger partial charge is 0.275 e. The van der Waals surface area contributed by atoms with E-state index in [-0.39, 0.29) is 16.5 Å². The van der Waals surface area contributed by atoms with Gasteiger partial charge < -0.3 is 14.8 Å². The van der Waals surface area contributed by atoms with Gasteiger partial charge in [0.25, 0.3) is 5.91 Å². The number of carbonyl (C=O) groups is 1. The van der Waals surface area contributed by atoms with Crippen LogP contribution in [0.3, 0.4) is 0 Å². The van der Waals surface area contributed by atoms with Gasteiger partial charge in [-0.05, 0) is 56.5 Å². The second-order valence-electron chi connectivity index (χ2n) is 8.28. The number of benzene rings is 2. The normalized spacial score (nSPS) is 15.1. The molecule has 1 saturated heterocycles. The molecule has 1 aromatic heterocycles. The highest BCUT2D eigenvalue weighted by atomic mass is 16.5. The minimum Gasteiger partial charge on any atom is -0.494 e. The minimum absolute atomic E-state index is 0.113. The van der Waals surface area contributed by atoms with E-state index in [1.54, 1.807) is 11.6 Å². The highest BCUT2D eigenvalue weighted by molar-refractivity contribution is 5.92. The van der Waals surface area contributed by atoms with Gasteiger partial charge in [-0.1, -0.05) is 30.3 Å². The molecule has 0 aliphatic carbocycles. The number of carbonyl (C=O) groups excluding carboxylic acids is 1. The summed E-state index contributed by atoms with van der Waals surface area (Å²) in [6, 6.07) is 18.9. The van der Waals surface area contributed by atoms with Crippen molar-refractivity contribution in [3.05, 3.63) is 87.8 Å². The Morgan fingerprint density at radius 1 is 1.12 bits per heavy atom. The Balaban J connectivity index is 1.58. The van der Waals surface area contributed by atoms with E-state index in [0.717, 1.165) is 29.8 Å². The summed E-state index contributed by atoms with van der Waals surface area (Å²) < 4.78 is 12.8. The van der Waals surface area contributed by atoms with Crippen molar-refractivity contribution in [1.29, 1.82) is 0 Å². The van der Waals surface area contributed by atoms with Gasteiger partial charge in [-0.25, -0.2) is 4.68 Å². The predicted octanol–water partition coefficient (Wildman–Crippen LogP) is 3.42. The number of nitrogens with one attached hydrogen (secondary N) is 1. The van der Waals surface area contributed by atoms with Crippen LogP contribution in [0.1, 0.15) is 41.5 Å². The molecule has 3 aromatic rings. The first-order valence-electron chi connectivity index (χ1n) is 11.3. The molecule has 2 heterocycles. The van der Waals surface area contributed by atoms with Crippen LogP contribution in [0, 0.1) is 6.92 Å². The van der Waals surface area contributed by atoms with Crippen molar-refractivity contribution >= 4 is 5.91 Å². The van der Waals surface area contributed by atoms with Crippen molar-refractivity contribution in [2.45, 2.75) is 32.1 Å². The number of ether oxygens (including phenoxy) is 2. The maximum Gasteiger partial charge on any atom is 0.275 e. The molecule has 0 saturated carbocycles. The summed E-state index contributed by atoms with van der Waals surface area (Å²) in [5.74, 6) is 0.347. The first kappa shape index (κ1) is 22.7. The van der Waals surface area contributed by atoms with Gasteiger partial charge in [-0.2, -0.15) is 5.10 Å². The summed E-state index contributed by atoms with van der Waals surface area (Å²) in [7, 11) is 0. The average Bonchev–Trinajstić information content (AvgIpc) is 2.84. The Morgan fingerprint density at radius 3 is 2.48 bits per heavy atom. The zero-order chi connectivity index (χ0) is 23.3. The molecule has 1 aliphatic heterocycles. The number of amides is 1. The zero-order valence-corrected chi connectivity index (χ0v) is 19.0. The third-order valence-electron chi connectivity index (χ3n) is 6.14. The lowest BCUT2D eigenvalue weighted by Crippen LogP contribution is -2.45. The first-order valence-corrected chi connectivity index (χ1v) is 11.3. The molecule has 1 fully saturated rings. The van der Waals surface area contributed by atoms with Crippen LogP contribution in [0.15, 0.2) is 65.5 Å². The van der Waals surface area contributed by atoms with Crippen molar-refractivity contribution < 1.29 is 14.3 Å². The molecule has 0 atom stereocenters. The number of para-hydroxylation sites is 1. The van der Waals surface area contributed by atoms with E-state index in [1.807, 2.05) is 49.4 Å². The monoisotopic (exact) mass is 447 g/mol. The van der Waals surface area contributed by atoms with E-state index >= 15 is 0 Å². The molecule has 1 amide bonds. The fourth-order valence-electron chi connectivity index (χ4n) is 4.27. The van der Waals surface area contributed by atoms with Crippen molar-refractivity contribution in [3.8, 4) is 11.4 Å². The van der Waals surface area contributed by atoms with Gasteiger partial charge in [0, 0.05) is 36.9 Å². The fourth-order valence-corrected chi connectivity index (χ4v) is 4.27. The van der Waals surface area contributed by atoms with Gasteiger partial charge in [-0.3, -0.25) is 9.59 Å². The molecule has 1 aliphatic rings. The van der Waals surface area contributed by atoms with Gasteiger partial charge in [0.15, 0.2) is 5.69 Å². The number of nitrogens with zero attached hydrogens (tertiary/aromatic N) is 2. The van der Waals surface area contributed by atoms with Crippen molar-refractivity contribution in [2.24, 2.45) is 0 Å². The van der Waals surface area contributed by atoms with Gasteiger partial charge in [0.1, 0.15) is 5.75 Å². The molecule has 2 aromatic carbocycles. The van der Waals surface area contributed by atoms with Gasteiger partial charge in [0.2, 0.25) is 5.43 Å². The van der Waals surface area contributed by atoms with Crippen LogP contribution in [-0.4, -0.2) is 42.1 Å². The molecule has 4 rings (SSSR count). The quantitative estimate of drug-likeness (QED) is 0.600. The third kappa shape index (κ3) is 4.98. The Bertz CT molecular complexity index is 1150. The molecule has 172 valence electrons. The second kappa shape index (κ2) is 10.0. The Labute approximate surface area is 193 Å². The lowest BCUT2D eigenvalue weighted by molar-refractivity contribution is 0.0486. The van der Waals surface area contributed by atoms with Gasteiger partial charge >= 0.3 is 0 Å². The van der Waals surface area contributed by atoms with E-state index < -0.39 is 5.91 Å². The van der Waals surface area contributed by atoms with E-state index in [4.69, 9.17) is 9.47 Å². The SMILES string of the molecule is CCOc1ccc(C2(CNC(=O)c3nn(-c4ccccc4)c(C)cc3=O)CCOCC2)cc1.